The largest absolute Gasteiger partial charge is 0.408 e. The molecule has 0 N–H and O–H groups in total. The quantitative estimate of drug-likeness (QED) is 0.302. The summed E-state index contributed by atoms with van der Waals surface area (Å²) in [5, 5.41) is 0. The lowest BCUT2D eigenvalue weighted by Gasteiger charge is -2.30. The van der Waals surface area contributed by atoms with E-state index in [4.69, 9.17) is 9.05 Å². The molecule has 0 aromatic heterocycles. The minimum absolute atomic E-state index is 0.483. The Hall–Kier alpha value is -0.670. The molecule has 1 aromatic rings. The Labute approximate surface area is 148 Å². The lowest BCUT2D eigenvalue weighted by atomic mass is 10.2. The number of nitrogens with zero attached hydrogens (tertiary/aromatic N) is 1. The highest BCUT2D eigenvalue weighted by Crippen LogP contribution is 2.53. The highest BCUT2D eigenvalue weighted by Gasteiger charge is 2.33. The molecular formula is C19H34NO3P. The van der Waals surface area contributed by atoms with Gasteiger partial charge in [0.05, 0.1) is 13.2 Å². The van der Waals surface area contributed by atoms with E-state index >= 15 is 0 Å². The van der Waals surface area contributed by atoms with Crippen LogP contribution in [0, 0.1) is 0 Å². The Balaban J connectivity index is 2.87. The molecule has 0 aliphatic rings. The molecule has 5 heteroatoms. The molecule has 0 radical (unpaired) electrons. The van der Waals surface area contributed by atoms with Crippen molar-refractivity contribution in [1.82, 2.24) is 4.67 Å². The fraction of sp³-hybridized carbons (Fsp3) is 0.684. The van der Waals surface area contributed by atoms with Crippen LogP contribution in [0.5, 0.6) is 0 Å². The first-order valence-corrected chi connectivity index (χ1v) is 10.8. The normalized spacial score (nSPS) is 12.0. The van der Waals surface area contributed by atoms with Crippen LogP contribution < -0.4 is 0 Å². The van der Waals surface area contributed by atoms with Crippen molar-refractivity contribution in [2.24, 2.45) is 0 Å². The summed E-state index contributed by atoms with van der Waals surface area (Å²) in [5.74, 6) is 0. The average molecular weight is 355 g/mol. The number of hydrogen-bond donors (Lipinski definition) is 0. The van der Waals surface area contributed by atoms with E-state index in [1.807, 2.05) is 22.9 Å². The second-order valence-corrected chi connectivity index (χ2v) is 8.09. The SMILES string of the molecule is CCCCOP(=O)(OCCCC)N(CCCC)Cc1ccccc1. The van der Waals surface area contributed by atoms with E-state index in [0.717, 1.165) is 50.6 Å². The zero-order valence-electron chi connectivity index (χ0n) is 15.6. The van der Waals surface area contributed by atoms with Crippen LogP contribution in [-0.4, -0.2) is 24.4 Å². The average Bonchev–Trinajstić information content (AvgIpc) is 2.60. The van der Waals surface area contributed by atoms with Crippen molar-refractivity contribution in [2.45, 2.75) is 65.8 Å². The highest BCUT2D eigenvalue weighted by atomic mass is 31.2. The molecule has 0 spiro atoms. The third-order valence-electron chi connectivity index (χ3n) is 3.83. The summed E-state index contributed by atoms with van der Waals surface area (Å²) in [7, 11) is -3.25. The van der Waals surface area contributed by atoms with Gasteiger partial charge < -0.3 is 0 Å². The van der Waals surface area contributed by atoms with Gasteiger partial charge in [0.2, 0.25) is 0 Å². The zero-order valence-corrected chi connectivity index (χ0v) is 16.5. The fourth-order valence-electron chi connectivity index (χ4n) is 2.27. The molecule has 4 nitrogen and oxygen atoms in total. The van der Waals surface area contributed by atoms with Gasteiger partial charge in [0.25, 0.3) is 0 Å². The Morgan fingerprint density at radius 1 is 0.875 bits per heavy atom. The van der Waals surface area contributed by atoms with Crippen LogP contribution in [0.1, 0.15) is 64.9 Å². The molecule has 138 valence electrons. The van der Waals surface area contributed by atoms with E-state index in [0.29, 0.717) is 19.8 Å². The Bertz CT molecular complexity index is 453. The maximum absolute atomic E-state index is 13.5. The number of rotatable bonds is 14. The van der Waals surface area contributed by atoms with Crippen LogP contribution in [0.25, 0.3) is 0 Å². The van der Waals surface area contributed by atoms with Crippen molar-refractivity contribution >= 4 is 7.75 Å². The summed E-state index contributed by atoms with van der Waals surface area (Å²) in [5.41, 5.74) is 1.13. The first-order valence-electron chi connectivity index (χ1n) is 9.34. The summed E-state index contributed by atoms with van der Waals surface area (Å²) in [6.45, 7) is 8.63. The summed E-state index contributed by atoms with van der Waals surface area (Å²) >= 11 is 0. The van der Waals surface area contributed by atoms with Crippen LogP contribution in [0.15, 0.2) is 30.3 Å². The number of unbranched alkanes of at least 4 members (excludes halogenated alkanes) is 3. The molecule has 1 rings (SSSR count). The predicted molar refractivity (Wildman–Crippen MR) is 101 cm³/mol. The van der Waals surface area contributed by atoms with E-state index in [-0.39, 0.29) is 0 Å². The molecule has 0 heterocycles. The van der Waals surface area contributed by atoms with Crippen molar-refractivity contribution in [3.63, 3.8) is 0 Å². The molecule has 0 bridgehead atoms. The van der Waals surface area contributed by atoms with Gasteiger partial charge in [-0.25, -0.2) is 9.24 Å². The van der Waals surface area contributed by atoms with E-state index < -0.39 is 7.75 Å². The van der Waals surface area contributed by atoms with Gasteiger partial charge in [-0.15, -0.1) is 0 Å². The Kier molecular flexibility index (Phi) is 11.3. The van der Waals surface area contributed by atoms with Crippen molar-refractivity contribution in [2.75, 3.05) is 19.8 Å². The van der Waals surface area contributed by atoms with Gasteiger partial charge in [-0.05, 0) is 24.8 Å². The van der Waals surface area contributed by atoms with Gasteiger partial charge in [-0.2, -0.15) is 0 Å². The van der Waals surface area contributed by atoms with Gasteiger partial charge in [0, 0.05) is 13.1 Å². The second kappa shape index (κ2) is 12.7. The van der Waals surface area contributed by atoms with Gasteiger partial charge in [0.1, 0.15) is 0 Å². The summed E-state index contributed by atoms with van der Waals surface area (Å²) in [4.78, 5) is 0. The van der Waals surface area contributed by atoms with Crippen molar-refractivity contribution in [1.29, 1.82) is 0 Å². The van der Waals surface area contributed by atoms with Gasteiger partial charge in [-0.3, -0.25) is 9.05 Å². The molecule has 0 unspecified atom stereocenters. The molecule has 0 aliphatic heterocycles. The lowest BCUT2D eigenvalue weighted by molar-refractivity contribution is 0.149. The Morgan fingerprint density at radius 2 is 1.42 bits per heavy atom. The molecule has 0 amide bonds. The Morgan fingerprint density at radius 3 is 1.92 bits per heavy atom. The molecule has 0 atom stereocenters. The van der Waals surface area contributed by atoms with Crippen LogP contribution in [0.4, 0.5) is 0 Å². The summed E-state index contributed by atoms with van der Waals surface area (Å²) < 4.78 is 27.0. The standard InChI is InChI=1S/C19H34NO3P/c1-4-7-15-20(18-19-13-11-10-12-14-19)24(21,22-16-8-5-2)23-17-9-6-3/h10-14H,4-9,15-18H2,1-3H3. The molecule has 0 saturated heterocycles. The lowest BCUT2D eigenvalue weighted by Crippen LogP contribution is -2.24. The van der Waals surface area contributed by atoms with E-state index in [9.17, 15) is 4.57 Å². The maximum atomic E-state index is 13.5. The van der Waals surface area contributed by atoms with Gasteiger partial charge in [-0.1, -0.05) is 70.4 Å². The second-order valence-electron chi connectivity index (χ2n) is 6.07. The monoisotopic (exact) mass is 355 g/mol. The molecule has 24 heavy (non-hydrogen) atoms. The smallest absolute Gasteiger partial charge is 0.297 e. The molecule has 1 aromatic carbocycles. The molecular weight excluding hydrogens is 321 g/mol. The zero-order chi connectivity index (χ0) is 17.7. The first kappa shape index (κ1) is 21.4. The first-order chi connectivity index (χ1) is 11.7. The number of benzene rings is 1. The third kappa shape index (κ3) is 7.94. The summed E-state index contributed by atoms with van der Waals surface area (Å²) in [6, 6.07) is 10.1. The molecule has 0 fully saturated rings. The topological polar surface area (TPSA) is 38.8 Å². The van der Waals surface area contributed by atoms with Crippen molar-refractivity contribution in [3.8, 4) is 0 Å². The van der Waals surface area contributed by atoms with Crippen LogP contribution in [0.3, 0.4) is 0 Å². The molecule has 0 saturated carbocycles. The van der Waals surface area contributed by atoms with Gasteiger partial charge in [0.15, 0.2) is 0 Å². The van der Waals surface area contributed by atoms with Crippen LogP contribution in [0.2, 0.25) is 0 Å². The van der Waals surface area contributed by atoms with E-state index in [1.165, 1.54) is 0 Å². The maximum Gasteiger partial charge on any atom is 0.408 e. The fourth-order valence-corrected chi connectivity index (χ4v) is 4.12. The van der Waals surface area contributed by atoms with E-state index in [2.05, 4.69) is 32.9 Å². The van der Waals surface area contributed by atoms with Crippen molar-refractivity contribution in [3.05, 3.63) is 35.9 Å². The predicted octanol–water partition coefficient (Wildman–Crippen LogP) is 6.03. The third-order valence-corrected chi connectivity index (χ3v) is 5.88. The van der Waals surface area contributed by atoms with Crippen molar-refractivity contribution < 1.29 is 13.6 Å². The van der Waals surface area contributed by atoms with Crippen LogP contribution >= 0.6 is 7.75 Å². The van der Waals surface area contributed by atoms with E-state index in [1.54, 1.807) is 0 Å². The van der Waals surface area contributed by atoms with Crippen LogP contribution in [-0.2, 0) is 20.2 Å². The van der Waals surface area contributed by atoms with Gasteiger partial charge >= 0.3 is 7.75 Å². The summed E-state index contributed by atoms with van der Waals surface area (Å²) in [6.07, 6.45) is 5.85. The number of hydrogen-bond acceptors (Lipinski definition) is 3. The minimum atomic E-state index is -3.25. The minimum Gasteiger partial charge on any atom is -0.297 e. The highest BCUT2D eigenvalue weighted by molar-refractivity contribution is 7.51. The molecule has 0 aliphatic carbocycles.